The lowest BCUT2D eigenvalue weighted by molar-refractivity contribution is 0.647. The topological polar surface area (TPSA) is 0 Å². The van der Waals surface area contributed by atoms with Gasteiger partial charge in [-0.05, 0) is 30.4 Å². The van der Waals surface area contributed by atoms with E-state index in [2.05, 4.69) is 50.3 Å². The molecule has 0 radical (unpaired) electrons. The summed E-state index contributed by atoms with van der Waals surface area (Å²) >= 11 is 0. The van der Waals surface area contributed by atoms with E-state index in [0.717, 1.165) is 5.92 Å². The molecule has 0 unspecified atom stereocenters. The summed E-state index contributed by atoms with van der Waals surface area (Å²) in [7, 11) is 0. The van der Waals surface area contributed by atoms with E-state index < -0.39 is 0 Å². The van der Waals surface area contributed by atoms with Crippen LogP contribution in [-0.2, 0) is 6.42 Å². The van der Waals surface area contributed by atoms with E-state index in [0.29, 0.717) is 0 Å². The molecule has 0 nitrogen and oxygen atoms in total. The minimum Gasteiger partial charge on any atom is -0.0871 e. The van der Waals surface area contributed by atoms with Gasteiger partial charge in [0.25, 0.3) is 0 Å². The lowest BCUT2D eigenvalue weighted by atomic mass is 10.0. The van der Waals surface area contributed by atoms with Crippen LogP contribution in [0.25, 0.3) is 6.08 Å². The highest BCUT2D eigenvalue weighted by atomic mass is 14.0. The van der Waals surface area contributed by atoms with Crippen molar-refractivity contribution in [3.63, 3.8) is 0 Å². The van der Waals surface area contributed by atoms with Crippen LogP contribution in [0.1, 0.15) is 31.9 Å². The maximum absolute atomic E-state index is 2.25. The first kappa shape index (κ1) is 10.0. The second kappa shape index (κ2) is 4.86. The fourth-order valence-corrected chi connectivity index (χ4v) is 1.43. The molecular formula is C13H18. The molecule has 0 spiro atoms. The van der Waals surface area contributed by atoms with Gasteiger partial charge in [0.2, 0.25) is 0 Å². The molecule has 0 atom stereocenters. The Hall–Kier alpha value is -1.04. The van der Waals surface area contributed by atoms with Crippen molar-refractivity contribution in [1.82, 2.24) is 0 Å². The van der Waals surface area contributed by atoms with Crippen LogP contribution < -0.4 is 0 Å². The molecule has 1 aromatic rings. The van der Waals surface area contributed by atoms with Crippen molar-refractivity contribution < 1.29 is 0 Å². The monoisotopic (exact) mass is 174 g/mol. The molecule has 0 heterocycles. The van der Waals surface area contributed by atoms with Crippen LogP contribution in [0.5, 0.6) is 0 Å². The van der Waals surface area contributed by atoms with Crippen LogP contribution in [0.15, 0.2) is 30.3 Å². The van der Waals surface area contributed by atoms with Gasteiger partial charge in [-0.3, -0.25) is 0 Å². The number of hydrogen-bond acceptors (Lipinski definition) is 0. The van der Waals surface area contributed by atoms with Crippen molar-refractivity contribution in [1.29, 1.82) is 0 Å². The molecule has 0 aromatic heterocycles. The Morgan fingerprint density at radius 3 is 2.23 bits per heavy atom. The standard InChI is InChI=1S/C13H18/c1-4-5-12-6-8-13(9-7-12)10-11(2)3/h4-9,11H,10H2,1-3H3/b5-4-. The van der Waals surface area contributed by atoms with Gasteiger partial charge in [0, 0.05) is 0 Å². The second-order valence-electron chi connectivity index (χ2n) is 3.84. The van der Waals surface area contributed by atoms with Gasteiger partial charge in [-0.25, -0.2) is 0 Å². The van der Waals surface area contributed by atoms with Gasteiger partial charge in [-0.1, -0.05) is 50.3 Å². The van der Waals surface area contributed by atoms with Gasteiger partial charge in [0.05, 0.1) is 0 Å². The predicted octanol–water partition coefficient (Wildman–Crippen LogP) is 3.92. The van der Waals surface area contributed by atoms with Crippen LogP contribution >= 0.6 is 0 Å². The molecule has 0 saturated carbocycles. The molecule has 1 aromatic carbocycles. The molecule has 0 N–H and O–H groups in total. The first-order valence-electron chi connectivity index (χ1n) is 4.94. The van der Waals surface area contributed by atoms with E-state index in [1.54, 1.807) is 0 Å². The Kier molecular flexibility index (Phi) is 3.75. The average molecular weight is 174 g/mol. The molecule has 0 aliphatic carbocycles. The summed E-state index contributed by atoms with van der Waals surface area (Å²) < 4.78 is 0. The van der Waals surface area contributed by atoms with E-state index in [-0.39, 0.29) is 0 Å². The lowest BCUT2D eigenvalue weighted by Gasteiger charge is -2.04. The quantitative estimate of drug-likeness (QED) is 0.651. The number of allylic oxidation sites excluding steroid dienone is 1. The summed E-state index contributed by atoms with van der Waals surface area (Å²) in [5, 5.41) is 0. The minimum atomic E-state index is 0.743. The summed E-state index contributed by atoms with van der Waals surface area (Å²) in [6.07, 6.45) is 5.37. The Bertz CT molecular complexity index is 265. The van der Waals surface area contributed by atoms with Crippen LogP contribution in [-0.4, -0.2) is 0 Å². The van der Waals surface area contributed by atoms with Crippen LogP contribution in [0.4, 0.5) is 0 Å². The fraction of sp³-hybridized carbons (Fsp3) is 0.385. The van der Waals surface area contributed by atoms with Crippen molar-refractivity contribution in [3.05, 3.63) is 41.5 Å². The van der Waals surface area contributed by atoms with Gasteiger partial charge in [0.1, 0.15) is 0 Å². The zero-order valence-corrected chi connectivity index (χ0v) is 8.75. The second-order valence-corrected chi connectivity index (χ2v) is 3.84. The van der Waals surface area contributed by atoms with Crippen molar-refractivity contribution in [2.75, 3.05) is 0 Å². The van der Waals surface area contributed by atoms with Crippen molar-refractivity contribution >= 4 is 6.08 Å². The van der Waals surface area contributed by atoms with Gasteiger partial charge < -0.3 is 0 Å². The fourth-order valence-electron chi connectivity index (χ4n) is 1.43. The van der Waals surface area contributed by atoms with Crippen LogP contribution in [0, 0.1) is 5.92 Å². The summed E-state index contributed by atoms with van der Waals surface area (Å²) in [5.41, 5.74) is 2.72. The molecule has 0 amide bonds. The molecule has 1 rings (SSSR count). The maximum atomic E-state index is 2.25. The molecule has 13 heavy (non-hydrogen) atoms. The molecule has 0 heteroatoms. The Morgan fingerprint density at radius 2 is 1.77 bits per heavy atom. The van der Waals surface area contributed by atoms with E-state index in [1.807, 2.05) is 6.92 Å². The van der Waals surface area contributed by atoms with E-state index >= 15 is 0 Å². The van der Waals surface area contributed by atoms with Gasteiger partial charge in [-0.15, -0.1) is 0 Å². The number of hydrogen-bond donors (Lipinski definition) is 0. The number of benzene rings is 1. The van der Waals surface area contributed by atoms with Crippen LogP contribution in [0.2, 0.25) is 0 Å². The first-order valence-corrected chi connectivity index (χ1v) is 4.94. The Labute approximate surface area is 81.3 Å². The molecule has 0 fully saturated rings. The largest absolute Gasteiger partial charge is 0.0871 e. The molecule has 70 valence electrons. The van der Waals surface area contributed by atoms with Gasteiger partial charge in [0.15, 0.2) is 0 Å². The molecule has 0 aliphatic heterocycles. The van der Waals surface area contributed by atoms with Crippen LogP contribution in [0.3, 0.4) is 0 Å². The number of rotatable bonds is 3. The van der Waals surface area contributed by atoms with Gasteiger partial charge in [-0.2, -0.15) is 0 Å². The Balaban J connectivity index is 2.69. The SMILES string of the molecule is C/C=C\c1ccc(CC(C)C)cc1. The average Bonchev–Trinajstić information content (AvgIpc) is 2.08. The molecular weight excluding hydrogens is 156 g/mol. The third-order valence-corrected chi connectivity index (χ3v) is 1.98. The highest BCUT2D eigenvalue weighted by molar-refractivity contribution is 5.49. The molecule has 0 aliphatic rings. The summed E-state index contributed by atoms with van der Waals surface area (Å²) in [6, 6.07) is 8.79. The van der Waals surface area contributed by atoms with Crippen molar-refractivity contribution in [2.24, 2.45) is 5.92 Å². The van der Waals surface area contributed by atoms with Gasteiger partial charge >= 0.3 is 0 Å². The summed E-state index contributed by atoms with van der Waals surface area (Å²) in [6.45, 7) is 6.54. The molecule has 0 saturated heterocycles. The van der Waals surface area contributed by atoms with E-state index in [4.69, 9.17) is 0 Å². The van der Waals surface area contributed by atoms with E-state index in [1.165, 1.54) is 17.5 Å². The highest BCUT2D eigenvalue weighted by Crippen LogP contribution is 2.10. The van der Waals surface area contributed by atoms with Crippen molar-refractivity contribution in [3.8, 4) is 0 Å². The maximum Gasteiger partial charge on any atom is -0.0256 e. The summed E-state index contributed by atoms with van der Waals surface area (Å²) in [4.78, 5) is 0. The lowest BCUT2D eigenvalue weighted by Crippen LogP contribution is -1.93. The third-order valence-electron chi connectivity index (χ3n) is 1.98. The molecule has 0 bridgehead atoms. The smallest absolute Gasteiger partial charge is 0.0256 e. The van der Waals surface area contributed by atoms with Crippen molar-refractivity contribution in [2.45, 2.75) is 27.2 Å². The zero-order chi connectivity index (χ0) is 9.68. The van der Waals surface area contributed by atoms with E-state index in [9.17, 15) is 0 Å². The Morgan fingerprint density at radius 1 is 1.15 bits per heavy atom. The zero-order valence-electron chi connectivity index (χ0n) is 8.75. The predicted molar refractivity (Wildman–Crippen MR) is 59.7 cm³/mol. The highest BCUT2D eigenvalue weighted by Gasteiger charge is 1.96. The summed E-state index contributed by atoms with van der Waals surface area (Å²) in [5.74, 6) is 0.743. The first-order chi connectivity index (χ1) is 6.22. The third kappa shape index (κ3) is 3.45. The minimum absolute atomic E-state index is 0.743. The normalized spacial score (nSPS) is 11.4.